The Kier molecular flexibility index (Phi) is 8.64. The highest BCUT2D eigenvalue weighted by Gasteiger charge is 2.28. The van der Waals surface area contributed by atoms with E-state index < -0.39 is 23.1 Å². The zero-order valence-electron chi connectivity index (χ0n) is 17.8. The Labute approximate surface area is 168 Å². The highest BCUT2D eigenvalue weighted by Crippen LogP contribution is 2.16. The van der Waals surface area contributed by atoms with Crippen LogP contribution in [0, 0.1) is 11.3 Å². The SMILES string of the molecule is CC(C)(C)OC(=O)CN(CC(=O)OC(C)(C)C)[C@H](CC#N)Cc1ccccc1. The Hall–Kier alpha value is -2.39. The number of nitrogens with zero attached hydrogens (tertiary/aromatic N) is 2. The van der Waals surface area contributed by atoms with Gasteiger partial charge in [0.25, 0.3) is 0 Å². The zero-order chi connectivity index (χ0) is 21.4. The Balaban J connectivity index is 3.01. The molecule has 6 nitrogen and oxygen atoms in total. The third-order valence-corrected chi connectivity index (χ3v) is 3.66. The smallest absolute Gasteiger partial charge is 0.320 e. The molecule has 0 unspecified atom stereocenters. The van der Waals surface area contributed by atoms with Gasteiger partial charge in [-0.15, -0.1) is 0 Å². The fourth-order valence-electron chi connectivity index (χ4n) is 2.72. The number of hydrogen-bond acceptors (Lipinski definition) is 6. The molecule has 0 heterocycles. The van der Waals surface area contributed by atoms with Crippen molar-refractivity contribution in [2.24, 2.45) is 0 Å². The van der Waals surface area contributed by atoms with Gasteiger partial charge in [0.1, 0.15) is 11.2 Å². The lowest BCUT2D eigenvalue weighted by atomic mass is 10.0. The van der Waals surface area contributed by atoms with Crippen LogP contribution in [0.4, 0.5) is 0 Å². The van der Waals surface area contributed by atoms with E-state index in [0.717, 1.165) is 5.56 Å². The molecule has 6 heteroatoms. The van der Waals surface area contributed by atoms with E-state index in [0.29, 0.717) is 6.42 Å². The molecule has 0 aliphatic rings. The maximum atomic E-state index is 12.4. The molecule has 0 N–H and O–H groups in total. The molecule has 1 aromatic rings. The molecule has 0 spiro atoms. The molecule has 0 fully saturated rings. The molecule has 0 saturated carbocycles. The third kappa shape index (κ3) is 10.1. The number of esters is 2. The van der Waals surface area contributed by atoms with Gasteiger partial charge in [-0.1, -0.05) is 30.3 Å². The first-order valence-corrected chi connectivity index (χ1v) is 9.48. The van der Waals surface area contributed by atoms with Gasteiger partial charge in [0.15, 0.2) is 0 Å². The Bertz CT molecular complexity index is 651. The number of rotatable bonds is 8. The maximum absolute atomic E-state index is 12.4. The lowest BCUT2D eigenvalue weighted by Gasteiger charge is -2.31. The van der Waals surface area contributed by atoms with E-state index in [1.807, 2.05) is 30.3 Å². The van der Waals surface area contributed by atoms with E-state index >= 15 is 0 Å². The molecule has 0 bridgehead atoms. The molecule has 0 saturated heterocycles. The fourth-order valence-corrected chi connectivity index (χ4v) is 2.72. The van der Waals surface area contributed by atoms with Crippen molar-refractivity contribution in [2.45, 2.75) is 71.6 Å². The first kappa shape index (κ1) is 23.6. The number of carbonyl (C=O) groups is 2. The van der Waals surface area contributed by atoms with Gasteiger partial charge < -0.3 is 9.47 Å². The molecule has 0 amide bonds. The summed E-state index contributed by atoms with van der Waals surface area (Å²) < 4.78 is 10.8. The van der Waals surface area contributed by atoms with Gasteiger partial charge in [0, 0.05) is 6.04 Å². The van der Waals surface area contributed by atoms with Crippen LogP contribution in [0.15, 0.2) is 30.3 Å². The molecule has 0 aliphatic heterocycles. The Morgan fingerprint density at radius 1 is 0.964 bits per heavy atom. The molecule has 1 atom stereocenters. The third-order valence-electron chi connectivity index (χ3n) is 3.66. The minimum atomic E-state index is -0.626. The van der Waals surface area contributed by atoms with Crippen LogP contribution < -0.4 is 0 Å². The summed E-state index contributed by atoms with van der Waals surface area (Å²) in [5, 5.41) is 9.30. The Morgan fingerprint density at radius 3 is 1.82 bits per heavy atom. The molecule has 154 valence electrons. The van der Waals surface area contributed by atoms with Gasteiger partial charge in [-0.3, -0.25) is 14.5 Å². The van der Waals surface area contributed by atoms with Crippen molar-refractivity contribution >= 4 is 11.9 Å². The predicted molar refractivity (Wildman–Crippen MR) is 107 cm³/mol. The molecule has 28 heavy (non-hydrogen) atoms. The highest BCUT2D eigenvalue weighted by atomic mass is 16.6. The molecule has 1 aromatic carbocycles. The minimum Gasteiger partial charge on any atom is -0.459 e. The van der Waals surface area contributed by atoms with Crippen molar-refractivity contribution in [3.8, 4) is 6.07 Å². The molecular weight excluding hydrogens is 356 g/mol. The van der Waals surface area contributed by atoms with Gasteiger partial charge in [-0.2, -0.15) is 5.26 Å². The second kappa shape index (κ2) is 10.2. The maximum Gasteiger partial charge on any atom is 0.320 e. The van der Waals surface area contributed by atoms with Crippen LogP contribution in [0.5, 0.6) is 0 Å². The summed E-state index contributed by atoms with van der Waals surface area (Å²) in [5.41, 5.74) is -0.224. The van der Waals surface area contributed by atoms with Crippen molar-refractivity contribution < 1.29 is 19.1 Å². The van der Waals surface area contributed by atoms with Crippen molar-refractivity contribution in [3.05, 3.63) is 35.9 Å². The van der Waals surface area contributed by atoms with E-state index in [4.69, 9.17) is 9.47 Å². The average molecular weight is 389 g/mol. The van der Waals surface area contributed by atoms with Crippen LogP contribution >= 0.6 is 0 Å². The normalized spacial score (nSPS) is 12.9. The van der Waals surface area contributed by atoms with E-state index in [-0.39, 0.29) is 25.6 Å². The molecule has 1 rings (SSSR count). The van der Waals surface area contributed by atoms with E-state index in [9.17, 15) is 14.9 Å². The molecular formula is C22H32N2O4. The lowest BCUT2D eigenvalue weighted by Crippen LogP contribution is -2.46. The lowest BCUT2D eigenvalue weighted by molar-refractivity contribution is -0.161. The van der Waals surface area contributed by atoms with Crippen molar-refractivity contribution in [3.63, 3.8) is 0 Å². The summed E-state index contributed by atoms with van der Waals surface area (Å²) in [6.07, 6.45) is 0.723. The van der Waals surface area contributed by atoms with Crippen LogP contribution in [-0.2, 0) is 25.5 Å². The standard InChI is InChI=1S/C22H32N2O4/c1-21(2,3)27-19(25)15-24(16-20(26)28-22(4,5)6)18(12-13-23)14-17-10-8-7-9-11-17/h7-11,18H,12,14-16H2,1-6H3/t18-/m1/s1. The summed E-state index contributed by atoms with van der Waals surface area (Å²) in [5.74, 6) is -0.876. The monoisotopic (exact) mass is 388 g/mol. The van der Waals surface area contributed by atoms with Crippen molar-refractivity contribution in [1.29, 1.82) is 5.26 Å². The number of nitriles is 1. The van der Waals surface area contributed by atoms with E-state index in [1.165, 1.54) is 0 Å². The first-order chi connectivity index (χ1) is 12.9. The van der Waals surface area contributed by atoms with Crippen molar-refractivity contribution in [2.75, 3.05) is 13.1 Å². The summed E-state index contributed by atoms with van der Waals surface area (Å²) in [4.78, 5) is 26.5. The molecule has 0 aromatic heterocycles. The molecule has 0 radical (unpaired) electrons. The summed E-state index contributed by atoms with van der Waals surface area (Å²) in [6.45, 7) is 10.6. The van der Waals surface area contributed by atoms with Gasteiger partial charge >= 0.3 is 11.9 Å². The van der Waals surface area contributed by atoms with Crippen LogP contribution in [0.25, 0.3) is 0 Å². The van der Waals surface area contributed by atoms with E-state index in [2.05, 4.69) is 6.07 Å². The van der Waals surface area contributed by atoms with Gasteiger partial charge in [0.2, 0.25) is 0 Å². The van der Waals surface area contributed by atoms with Gasteiger partial charge in [-0.25, -0.2) is 0 Å². The van der Waals surface area contributed by atoms with E-state index in [1.54, 1.807) is 46.4 Å². The van der Waals surface area contributed by atoms with Crippen LogP contribution in [0.1, 0.15) is 53.5 Å². The quantitative estimate of drug-likeness (QED) is 0.634. The topological polar surface area (TPSA) is 79.6 Å². The predicted octanol–water partition coefficient (Wildman–Crippen LogP) is 3.50. The minimum absolute atomic E-state index is 0.0876. The second-order valence-electron chi connectivity index (χ2n) is 8.78. The average Bonchev–Trinajstić information content (AvgIpc) is 2.51. The van der Waals surface area contributed by atoms with Crippen LogP contribution in [-0.4, -0.2) is 47.2 Å². The van der Waals surface area contributed by atoms with Crippen LogP contribution in [0.3, 0.4) is 0 Å². The summed E-state index contributed by atoms with van der Waals surface area (Å²) in [7, 11) is 0. The second-order valence-corrected chi connectivity index (χ2v) is 8.78. The molecule has 0 aliphatic carbocycles. The van der Waals surface area contributed by atoms with Crippen molar-refractivity contribution in [1.82, 2.24) is 4.90 Å². The number of benzene rings is 1. The van der Waals surface area contributed by atoms with Gasteiger partial charge in [-0.05, 0) is 53.5 Å². The number of carbonyl (C=O) groups excluding carboxylic acids is 2. The highest BCUT2D eigenvalue weighted by molar-refractivity contribution is 5.75. The zero-order valence-corrected chi connectivity index (χ0v) is 17.8. The first-order valence-electron chi connectivity index (χ1n) is 9.48. The van der Waals surface area contributed by atoms with Gasteiger partial charge in [0.05, 0.1) is 25.6 Å². The summed E-state index contributed by atoms with van der Waals surface area (Å²) in [6, 6.07) is 11.5. The Morgan fingerprint density at radius 2 is 1.43 bits per heavy atom. The fraction of sp³-hybridized carbons (Fsp3) is 0.591. The number of ether oxygens (including phenoxy) is 2. The van der Waals surface area contributed by atoms with Crippen LogP contribution in [0.2, 0.25) is 0 Å². The largest absolute Gasteiger partial charge is 0.459 e. The summed E-state index contributed by atoms with van der Waals surface area (Å²) >= 11 is 0. The number of hydrogen-bond donors (Lipinski definition) is 0.